The number of rotatable bonds is 4. The molecule has 29 heavy (non-hydrogen) atoms. The largest absolute Gasteiger partial charge is 0.379 e. The molecule has 156 valence electrons. The van der Waals surface area contributed by atoms with E-state index in [1.807, 2.05) is 22.7 Å². The fraction of sp³-hybridized carbons (Fsp3) is 0.524. The molecule has 4 rings (SSSR count). The normalized spacial score (nSPS) is 21.2. The molecular weight excluding hydrogens is 391 g/mol. The van der Waals surface area contributed by atoms with Gasteiger partial charge < -0.3 is 9.64 Å². The van der Waals surface area contributed by atoms with Gasteiger partial charge in [0.05, 0.1) is 24.9 Å². The Morgan fingerprint density at radius 1 is 1.24 bits per heavy atom. The maximum atomic E-state index is 13.5. The molecule has 2 saturated heterocycles. The summed E-state index contributed by atoms with van der Waals surface area (Å²) in [6.07, 6.45) is 0.999. The highest BCUT2D eigenvalue weighted by atomic mass is 32.2. The summed E-state index contributed by atoms with van der Waals surface area (Å²) in [7, 11) is 1.80. The lowest BCUT2D eigenvalue weighted by Gasteiger charge is -2.35. The van der Waals surface area contributed by atoms with E-state index in [2.05, 4.69) is 10.00 Å². The number of aromatic nitrogens is 2. The lowest BCUT2D eigenvalue weighted by Crippen LogP contribution is -2.50. The first-order chi connectivity index (χ1) is 14.1. The Kier molecular flexibility index (Phi) is 6.52. The van der Waals surface area contributed by atoms with Gasteiger partial charge in [0.2, 0.25) is 0 Å². The number of nitrogens with zero attached hydrogens (tertiary/aromatic N) is 4. The molecule has 1 aromatic carbocycles. The van der Waals surface area contributed by atoms with Crippen LogP contribution in [0.2, 0.25) is 0 Å². The van der Waals surface area contributed by atoms with Crippen LogP contribution in [0.3, 0.4) is 0 Å². The number of aryl methyl sites for hydroxylation is 1. The van der Waals surface area contributed by atoms with Gasteiger partial charge in [-0.25, -0.2) is 4.39 Å². The highest BCUT2D eigenvalue weighted by Crippen LogP contribution is 2.23. The number of carbonyl (C=O) groups is 1. The summed E-state index contributed by atoms with van der Waals surface area (Å²) < 4.78 is 20.3. The van der Waals surface area contributed by atoms with Gasteiger partial charge in [-0.15, -0.1) is 0 Å². The highest BCUT2D eigenvalue weighted by Gasteiger charge is 2.30. The number of thioether (sulfide) groups is 1. The quantitative estimate of drug-likeness (QED) is 0.764. The molecule has 3 heterocycles. The first-order valence-corrected chi connectivity index (χ1v) is 11.3. The molecule has 0 spiro atoms. The van der Waals surface area contributed by atoms with Gasteiger partial charge >= 0.3 is 0 Å². The number of morpholine rings is 1. The number of hydrogen-bond acceptors (Lipinski definition) is 5. The second kappa shape index (κ2) is 9.28. The average molecular weight is 419 g/mol. The van der Waals surface area contributed by atoms with Crippen LogP contribution in [0, 0.1) is 5.82 Å². The summed E-state index contributed by atoms with van der Waals surface area (Å²) in [6, 6.07) is 8.20. The van der Waals surface area contributed by atoms with Crippen molar-refractivity contribution in [3.8, 4) is 11.3 Å². The van der Waals surface area contributed by atoms with Gasteiger partial charge in [-0.3, -0.25) is 14.4 Å². The van der Waals surface area contributed by atoms with E-state index in [0.717, 1.165) is 62.9 Å². The maximum absolute atomic E-state index is 13.5. The highest BCUT2D eigenvalue weighted by molar-refractivity contribution is 7.99. The van der Waals surface area contributed by atoms with Gasteiger partial charge in [0.1, 0.15) is 11.5 Å². The van der Waals surface area contributed by atoms with Crippen molar-refractivity contribution in [3.05, 3.63) is 41.8 Å². The molecule has 1 unspecified atom stereocenters. The third kappa shape index (κ3) is 4.82. The molecule has 1 aromatic heterocycles. The van der Waals surface area contributed by atoms with Gasteiger partial charge in [-0.05, 0) is 42.5 Å². The summed E-state index contributed by atoms with van der Waals surface area (Å²) in [5.74, 6) is 1.77. The van der Waals surface area contributed by atoms with Crippen LogP contribution in [0.5, 0.6) is 0 Å². The van der Waals surface area contributed by atoms with E-state index in [4.69, 9.17) is 4.74 Å². The van der Waals surface area contributed by atoms with Crippen molar-refractivity contribution in [2.24, 2.45) is 7.05 Å². The molecule has 0 saturated carbocycles. The zero-order valence-electron chi connectivity index (χ0n) is 16.7. The smallest absolute Gasteiger partial charge is 0.272 e. The molecule has 2 aromatic rings. The zero-order valence-corrected chi connectivity index (χ0v) is 17.5. The molecule has 0 bridgehead atoms. The van der Waals surface area contributed by atoms with E-state index in [9.17, 15) is 9.18 Å². The maximum Gasteiger partial charge on any atom is 0.272 e. The molecule has 1 atom stereocenters. The fourth-order valence-electron chi connectivity index (χ4n) is 3.91. The topological polar surface area (TPSA) is 50.6 Å². The molecule has 0 aliphatic carbocycles. The van der Waals surface area contributed by atoms with Crippen molar-refractivity contribution in [2.45, 2.75) is 12.5 Å². The zero-order chi connectivity index (χ0) is 20.2. The number of benzene rings is 1. The summed E-state index contributed by atoms with van der Waals surface area (Å²) in [5.41, 5.74) is 2.06. The van der Waals surface area contributed by atoms with Gasteiger partial charge in [0.25, 0.3) is 5.91 Å². The van der Waals surface area contributed by atoms with E-state index in [1.54, 1.807) is 23.9 Å². The lowest BCUT2D eigenvalue weighted by molar-refractivity contribution is 0.0243. The Labute approximate surface area is 175 Å². The Balaban J connectivity index is 1.54. The van der Waals surface area contributed by atoms with Gasteiger partial charge in [-0.2, -0.15) is 16.9 Å². The minimum absolute atomic E-state index is 0.0223. The first-order valence-electron chi connectivity index (χ1n) is 10.1. The molecule has 2 aliphatic rings. The summed E-state index contributed by atoms with van der Waals surface area (Å²) in [5, 5.41) is 4.51. The molecule has 0 radical (unpaired) electrons. The lowest BCUT2D eigenvalue weighted by atomic mass is 10.1. The second-order valence-electron chi connectivity index (χ2n) is 7.54. The van der Waals surface area contributed by atoms with Crippen molar-refractivity contribution in [3.63, 3.8) is 0 Å². The predicted octanol–water partition coefficient (Wildman–Crippen LogP) is 2.51. The van der Waals surface area contributed by atoms with Crippen LogP contribution in [0.4, 0.5) is 4.39 Å². The van der Waals surface area contributed by atoms with E-state index in [-0.39, 0.29) is 17.8 Å². The molecule has 1 amide bonds. The predicted molar refractivity (Wildman–Crippen MR) is 113 cm³/mol. The van der Waals surface area contributed by atoms with Crippen LogP contribution in [0.25, 0.3) is 11.3 Å². The van der Waals surface area contributed by atoms with Crippen molar-refractivity contribution < 1.29 is 13.9 Å². The average Bonchev–Trinajstić information content (AvgIpc) is 2.97. The summed E-state index contributed by atoms with van der Waals surface area (Å²) >= 11 is 1.93. The third-order valence-electron chi connectivity index (χ3n) is 5.51. The standard InChI is InChI=1S/C21H27FN4O2S/c1-24-20(13-19(23-24)16-3-5-17(22)6-4-16)21(27)26-7-2-12-29-15-18(26)14-25-8-10-28-11-9-25/h3-6,13,18H,2,7-12,14-15H2,1H3. The van der Waals surface area contributed by atoms with E-state index >= 15 is 0 Å². The summed E-state index contributed by atoms with van der Waals surface area (Å²) in [6.45, 7) is 5.00. The van der Waals surface area contributed by atoms with Gasteiger partial charge in [0, 0.05) is 44.5 Å². The number of ether oxygens (including phenoxy) is 1. The van der Waals surface area contributed by atoms with E-state index < -0.39 is 0 Å². The Hall–Kier alpha value is -1.90. The Morgan fingerprint density at radius 2 is 2.00 bits per heavy atom. The monoisotopic (exact) mass is 418 g/mol. The van der Waals surface area contributed by atoms with Crippen LogP contribution >= 0.6 is 11.8 Å². The number of carbonyl (C=O) groups excluding carboxylic acids is 1. The van der Waals surface area contributed by atoms with Crippen LogP contribution in [0.15, 0.2) is 30.3 Å². The minimum Gasteiger partial charge on any atom is -0.379 e. The van der Waals surface area contributed by atoms with Crippen LogP contribution in [-0.2, 0) is 11.8 Å². The first kappa shape index (κ1) is 20.4. The van der Waals surface area contributed by atoms with Crippen molar-refractivity contribution in [1.29, 1.82) is 0 Å². The molecule has 0 N–H and O–H groups in total. The fourth-order valence-corrected chi connectivity index (χ4v) is 4.96. The SMILES string of the molecule is Cn1nc(-c2ccc(F)cc2)cc1C(=O)N1CCCSCC1CN1CCOCC1. The molecular formula is C21H27FN4O2S. The molecule has 6 nitrogen and oxygen atoms in total. The van der Waals surface area contributed by atoms with Crippen LogP contribution in [-0.4, -0.2) is 82.4 Å². The third-order valence-corrected chi connectivity index (χ3v) is 6.71. The molecule has 2 aliphatic heterocycles. The van der Waals surface area contributed by atoms with Crippen molar-refractivity contribution >= 4 is 17.7 Å². The van der Waals surface area contributed by atoms with E-state index in [0.29, 0.717) is 11.4 Å². The van der Waals surface area contributed by atoms with Crippen LogP contribution in [0.1, 0.15) is 16.9 Å². The number of amides is 1. The van der Waals surface area contributed by atoms with E-state index in [1.165, 1.54) is 12.1 Å². The number of hydrogen-bond donors (Lipinski definition) is 0. The van der Waals surface area contributed by atoms with Crippen molar-refractivity contribution in [2.75, 3.05) is 50.9 Å². The Bertz CT molecular complexity index is 836. The Morgan fingerprint density at radius 3 is 2.76 bits per heavy atom. The van der Waals surface area contributed by atoms with Crippen LogP contribution < -0.4 is 0 Å². The van der Waals surface area contributed by atoms with Crippen molar-refractivity contribution in [1.82, 2.24) is 19.6 Å². The van der Waals surface area contributed by atoms with Gasteiger partial charge in [0.15, 0.2) is 0 Å². The second-order valence-corrected chi connectivity index (χ2v) is 8.69. The van der Waals surface area contributed by atoms with Gasteiger partial charge in [-0.1, -0.05) is 0 Å². The summed E-state index contributed by atoms with van der Waals surface area (Å²) in [4.78, 5) is 17.9. The molecule has 8 heteroatoms. The number of halogens is 1. The minimum atomic E-state index is -0.283. The molecule has 2 fully saturated rings.